The zero-order chi connectivity index (χ0) is 31.9. The summed E-state index contributed by atoms with van der Waals surface area (Å²) in [7, 11) is 1.52. The van der Waals surface area contributed by atoms with Crippen LogP contribution >= 0.6 is 23.8 Å². The Labute approximate surface area is 261 Å². The largest absolute Gasteiger partial charge is 0.496 e. The van der Waals surface area contributed by atoms with Crippen LogP contribution in [0.15, 0.2) is 36.4 Å². The first-order valence-corrected chi connectivity index (χ1v) is 14.7. The molecule has 13 heteroatoms. The molecule has 11 nitrogen and oxygen atoms in total. The van der Waals surface area contributed by atoms with Gasteiger partial charge in [0.2, 0.25) is 5.91 Å². The Hall–Kier alpha value is -3.77. The van der Waals surface area contributed by atoms with Crippen molar-refractivity contribution < 1.29 is 28.8 Å². The third kappa shape index (κ3) is 9.11. The smallest absolute Gasteiger partial charge is 0.345 e. The molecule has 1 saturated heterocycles. The van der Waals surface area contributed by atoms with Gasteiger partial charge in [-0.2, -0.15) is 0 Å². The minimum Gasteiger partial charge on any atom is -0.496 e. The molecule has 0 saturated carbocycles. The fourth-order valence-corrected chi connectivity index (χ4v) is 5.11. The van der Waals surface area contributed by atoms with Crippen molar-refractivity contribution in [1.82, 2.24) is 15.5 Å². The van der Waals surface area contributed by atoms with Crippen LogP contribution < -0.4 is 15.4 Å². The van der Waals surface area contributed by atoms with Gasteiger partial charge in [0, 0.05) is 17.6 Å². The highest BCUT2D eigenvalue weighted by Crippen LogP contribution is 2.30. The van der Waals surface area contributed by atoms with E-state index in [1.54, 1.807) is 45.0 Å². The van der Waals surface area contributed by atoms with Gasteiger partial charge in [-0.15, -0.1) is 0 Å². The number of nitro groups is 1. The first-order chi connectivity index (χ1) is 20.2. The first kappa shape index (κ1) is 33.7. The molecular formula is C30H37ClN4O7S. The predicted molar refractivity (Wildman–Crippen MR) is 167 cm³/mol. The van der Waals surface area contributed by atoms with Crippen LogP contribution in [0.4, 0.5) is 10.5 Å². The van der Waals surface area contributed by atoms with Crippen molar-refractivity contribution in [2.45, 2.75) is 65.0 Å². The normalized spacial score (nSPS) is 16.1. The number of esters is 1. The van der Waals surface area contributed by atoms with E-state index in [2.05, 4.69) is 10.6 Å². The van der Waals surface area contributed by atoms with E-state index < -0.39 is 46.1 Å². The summed E-state index contributed by atoms with van der Waals surface area (Å²) in [6.45, 7) is 7.08. The fraction of sp³-hybridized carbons (Fsp3) is 0.467. The average Bonchev–Trinajstić information content (AvgIpc) is 3.07. The molecule has 0 radical (unpaired) electrons. The van der Waals surface area contributed by atoms with Gasteiger partial charge < -0.3 is 20.1 Å². The van der Waals surface area contributed by atoms with E-state index in [0.29, 0.717) is 39.7 Å². The lowest BCUT2D eigenvalue weighted by molar-refractivity contribution is -0.385. The number of amides is 3. The van der Waals surface area contributed by atoms with Crippen LogP contribution in [-0.2, 0) is 16.0 Å². The van der Waals surface area contributed by atoms with E-state index in [9.17, 15) is 24.5 Å². The zero-order valence-corrected chi connectivity index (χ0v) is 26.5. The van der Waals surface area contributed by atoms with E-state index in [1.165, 1.54) is 19.2 Å². The highest BCUT2D eigenvalue weighted by Gasteiger charge is 2.35. The van der Waals surface area contributed by atoms with Crippen LogP contribution in [-0.4, -0.2) is 58.5 Å². The second-order valence-corrected chi connectivity index (χ2v) is 12.2. The first-order valence-electron chi connectivity index (χ1n) is 14.0. The Morgan fingerprint density at radius 2 is 1.98 bits per heavy atom. The number of carbonyl (C=O) groups excluding carboxylic acids is 3. The lowest BCUT2D eigenvalue weighted by atomic mass is 9.97. The molecule has 3 rings (SSSR count). The van der Waals surface area contributed by atoms with Gasteiger partial charge in [0.1, 0.15) is 16.9 Å². The maximum absolute atomic E-state index is 13.7. The van der Waals surface area contributed by atoms with Gasteiger partial charge in [-0.05, 0) is 69.0 Å². The number of nitrogens with one attached hydrogen (secondary N) is 2. The van der Waals surface area contributed by atoms with E-state index in [0.717, 1.165) is 11.3 Å². The monoisotopic (exact) mass is 632 g/mol. The van der Waals surface area contributed by atoms with E-state index in [-0.39, 0.29) is 25.1 Å². The molecular weight excluding hydrogens is 596 g/mol. The Bertz CT molecular complexity index is 1400. The molecule has 43 heavy (non-hydrogen) atoms. The van der Waals surface area contributed by atoms with Gasteiger partial charge >= 0.3 is 12.0 Å². The lowest BCUT2D eigenvalue weighted by Gasteiger charge is -2.26. The maximum Gasteiger partial charge on any atom is 0.345 e. The maximum atomic E-state index is 13.7. The molecule has 0 unspecified atom stereocenters. The number of thiocarbonyl (C=S) groups is 1. The van der Waals surface area contributed by atoms with Crippen LogP contribution in [0.5, 0.6) is 5.75 Å². The molecule has 1 aliphatic rings. The summed E-state index contributed by atoms with van der Waals surface area (Å²) in [5.74, 6) is -1.34. The SMILES string of the molecule is CCCC[C@@H](NC(=O)N1CC(=S)NC[C@H](Cc2cc(Cl)ccc2OC)C1=O)c1ccc(C(=O)OC(C)(C)C)c([N+](=O)[O-])c1. The molecule has 2 aromatic carbocycles. The number of halogens is 1. The molecule has 0 bridgehead atoms. The number of ether oxygens (including phenoxy) is 2. The summed E-state index contributed by atoms with van der Waals surface area (Å²) in [6.07, 6.45) is 2.18. The number of unbranched alkanes of at least 4 members (excludes halogenated alkanes) is 1. The second-order valence-electron chi connectivity index (χ2n) is 11.3. The Balaban J connectivity index is 1.90. The molecule has 2 aromatic rings. The summed E-state index contributed by atoms with van der Waals surface area (Å²) in [6, 6.07) is 7.91. The Morgan fingerprint density at radius 1 is 1.26 bits per heavy atom. The third-order valence-corrected chi connectivity index (χ3v) is 7.31. The lowest BCUT2D eigenvalue weighted by Crippen LogP contribution is -2.48. The number of methoxy groups -OCH3 is 1. The summed E-state index contributed by atoms with van der Waals surface area (Å²) < 4.78 is 10.8. The third-order valence-electron chi connectivity index (χ3n) is 6.80. The van der Waals surface area contributed by atoms with Gasteiger partial charge in [-0.25, -0.2) is 9.59 Å². The van der Waals surface area contributed by atoms with Gasteiger partial charge in [0.15, 0.2) is 0 Å². The summed E-state index contributed by atoms with van der Waals surface area (Å²) in [5, 5.41) is 18.4. The predicted octanol–water partition coefficient (Wildman–Crippen LogP) is 5.77. The van der Waals surface area contributed by atoms with E-state index in [1.807, 2.05) is 6.92 Å². The molecule has 232 valence electrons. The number of benzene rings is 2. The van der Waals surface area contributed by atoms with E-state index in [4.69, 9.17) is 33.3 Å². The quantitative estimate of drug-likeness (QED) is 0.144. The number of carbonyl (C=O) groups is 3. The minimum absolute atomic E-state index is 0.124. The van der Waals surface area contributed by atoms with Crippen molar-refractivity contribution in [1.29, 1.82) is 0 Å². The van der Waals surface area contributed by atoms with Crippen molar-refractivity contribution in [3.63, 3.8) is 0 Å². The highest BCUT2D eigenvalue weighted by atomic mass is 35.5. The standard InChI is InChI=1S/C30H37ClN4O7S/c1-6-7-8-23(18-9-11-22(24(15-18)35(39)40)28(37)42-30(2,3)4)33-29(38)34-17-26(43)32-16-20(27(34)36)13-19-14-21(31)10-12-25(19)41-5/h9-12,14-15,20,23H,6-8,13,16-17H2,1-5H3,(H,32,43)(H,33,38)/t20-,23+/m0/s1. The number of urea groups is 1. The van der Waals surface area contributed by atoms with Crippen molar-refractivity contribution >= 4 is 52.4 Å². The van der Waals surface area contributed by atoms with Crippen LogP contribution in [0, 0.1) is 16.0 Å². The van der Waals surface area contributed by atoms with Crippen LogP contribution in [0.1, 0.15) is 74.5 Å². The van der Waals surface area contributed by atoms with Gasteiger partial charge in [-0.3, -0.25) is 19.8 Å². The number of hydrogen-bond donors (Lipinski definition) is 2. The average molecular weight is 633 g/mol. The number of imide groups is 1. The van der Waals surface area contributed by atoms with Crippen molar-refractivity contribution in [3.8, 4) is 5.75 Å². The summed E-state index contributed by atoms with van der Waals surface area (Å²) >= 11 is 11.6. The number of nitro benzene ring substituents is 1. The van der Waals surface area contributed by atoms with Crippen LogP contribution in [0.2, 0.25) is 5.02 Å². The topological polar surface area (TPSA) is 140 Å². The summed E-state index contributed by atoms with van der Waals surface area (Å²) in [5.41, 5.74) is -0.339. The molecule has 1 aliphatic heterocycles. The minimum atomic E-state index is -0.841. The van der Waals surface area contributed by atoms with Crippen LogP contribution in [0.25, 0.3) is 0 Å². The molecule has 3 amide bonds. The molecule has 0 aliphatic carbocycles. The Kier molecular flexibility index (Phi) is 11.5. The molecule has 0 spiro atoms. The molecule has 0 aromatic heterocycles. The van der Waals surface area contributed by atoms with Gasteiger partial charge in [-0.1, -0.05) is 49.7 Å². The molecule has 1 heterocycles. The number of nitrogens with zero attached hydrogens (tertiary/aromatic N) is 2. The van der Waals surface area contributed by atoms with Crippen LogP contribution in [0.3, 0.4) is 0 Å². The van der Waals surface area contributed by atoms with Gasteiger partial charge in [0.05, 0.1) is 35.5 Å². The van der Waals surface area contributed by atoms with E-state index >= 15 is 0 Å². The fourth-order valence-electron chi connectivity index (χ4n) is 4.71. The number of hydrogen-bond acceptors (Lipinski definition) is 8. The molecule has 1 fully saturated rings. The molecule has 2 N–H and O–H groups in total. The zero-order valence-electron chi connectivity index (χ0n) is 24.9. The van der Waals surface area contributed by atoms with Crippen molar-refractivity contribution in [2.75, 3.05) is 20.2 Å². The van der Waals surface area contributed by atoms with Gasteiger partial charge in [0.25, 0.3) is 5.69 Å². The summed E-state index contributed by atoms with van der Waals surface area (Å²) in [4.78, 5) is 52.7. The highest BCUT2D eigenvalue weighted by molar-refractivity contribution is 7.80. The van der Waals surface area contributed by atoms with Crippen molar-refractivity contribution in [2.24, 2.45) is 5.92 Å². The number of rotatable bonds is 10. The Morgan fingerprint density at radius 3 is 2.60 bits per heavy atom. The molecule has 2 atom stereocenters. The van der Waals surface area contributed by atoms with Crippen molar-refractivity contribution in [3.05, 3.63) is 68.2 Å². The second kappa shape index (κ2) is 14.6.